The first-order valence-corrected chi connectivity index (χ1v) is 6.96. The highest BCUT2D eigenvalue weighted by Gasteiger charge is 2.17. The van der Waals surface area contributed by atoms with Crippen molar-refractivity contribution >= 4 is 17.1 Å². The van der Waals surface area contributed by atoms with Crippen molar-refractivity contribution in [3.63, 3.8) is 0 Å². The summed E-state index contributed by atoms with van der Waals surface area (Å²) in [5, 5.41) is 4.50. The highest BCUT2D eigenvalue weighted by atomic mass is 16.5. The second-order valence-electron chi connectivity index (χ2n) is 4.94. The standard InChI is InChI=1S/C15H19N5O/c1-4-20-14-13(10(2)18-20)17-15(16)19(14)9-11-7-5-6-8-12(11)21-3/h5-8H,4,9H2,1-3H3,(H2,16,17). The van der Waals surface area contributed by atoms with Gasteiger partial charge in [0.2, 0.25) is 5.95 Å². The Kier molecular flexibility index (Phi) is 3.29. The number of hydrogen-bond donors (Lipinski definition) is 1. The lowest BCUT2D eigenvalue weighted by molar-refractivity contribution is 0.408. The van der Waals surface area contributed by atoms with Gasteiger partial charge in [0.1, 0.15) is 11.3 Å². The summed E-state index contributed by atoms with van der Waals surface area (Å²) < 4.78 is 9.33. The summed E-state index contributed by atoms with van der Waals surface area (Å²) in [4.78, 5) is 4.45. The number of rotatable bonds is 4. The van der Waals surface area contributed by atoms with E-state index in [9.17, 15) is 0 Å². The average molecular weight is 285 g/mol. The fraction of sp³-hybridized carbons (Fsp3) is 0.333. The van der Waals surface area contributed by atoms with Crippen LogP contribution >= 0.6 is 0 Å². The van der Waals surface area contributed by atoms with Crippen LogP contribution in [0.5, 0.6) is 5.75 Å². The molecule has 3 aromatic rings. The highest BCUT2D eigenvalue weighted by Crippen LogP contribution is 2.25. The first-order valence-electron chi connectivity index (χ1n) is 6.96. The Labute approximate surface area is 123 Å². The maximum Gasteiger partial charge on any atom is 0.202 e. The molecule has 0 atom stereocenters. The number of fused-ring (bicyclic) bond motifs is 1. The van der Waals surface area contributed by atoms with Gasteiger partial charge >= 0.3 is 0 Å². The minimum atomic E-state index is 0.499. The second kappa shape index (κ2) is 5.12. The van der Waals surface area contributed by atoms with E-state index in [4.69, 9.17) is 10.5 Å². The fourth-order valence-corrected chi connectivity index (χ4v) is 2.62. The molecular formula is C15H19N5O. The van der Waals surface area contributed by atoms with Crippen LogP contribution in [0.1, 0.15) is 18.2 Å². The number of hydrogen-bond acceptors (Lipinski definition) is 4. The summed E-state index contributed by atoms with van der Waals surface area (Å²) in [5.41, 5.74) is 9.88. The molecule has 0 spiro atoms. The van der Waals surface area contributed by atoms with Crippen LogP contribution in [0.4, 0.5) is 5.95 Å². The Balaban J connectivity index is 2.14. The van der Waals surface area contributed by atoms with Crippen LogP contribution in [0.3, 0.4) is 0 Å². The number of methoxy groups -OCH3 is 1. The van der Waals surface area contributed by atoms with E-state index < -0.39 is 0 Å². The van der Waals surface area contributed by atoms with Crippen molar-refractivity contribution in [2.24, 2.45) is 0 Å². The predicted octanol–water partition coefficient (Wildman–Crippen LogP) is 2.20. The average Bonchev–Trinajstić information content (AvgIpc) is 2.98. The lowest BCUT2D eigenvalue weighted by Gasteiger charge is -2.11. The van der Waals surface area contributed by atoms with E-state index in [-0.39, 0.29) is 0 Å². The zero-order valence-electron chi connectivity index (χ0n) is 12.5. The molecule has 1 aromatic carbocycles. The number of imidazole rings is 1. The van der Waals surface area contributed by atoms with E-state index in [1.165, 1.54) is 0 Å². The Morgan fingerprint density at radius 2 is 2.05 bits per heavy atom. The van der Waals surface area contributed by atoms with Crippen molar-refractivity contribution in [2.75, 3.05) is 12.8 Å². The Morgan fingerprint density at radius 3 is 2.76 bits per heavy atom. The zero-order chi connectivity index (χ0) is 15.0. The third-order valence-electron chi connectivity index (χ3n) is 3.65. The van der Waals surface area contributed by atoms with Crippen molar-refractivity contribution < 1.29 is 4.74 Å². The van der Waals surface area contributed by atoms with Gasteiger partial charge < -0.3 is 10.5 Å². The smallest absolute Gasteiger partial charge is 0.202 e. The number of nitrogen functional groups attached to an aromatic ring is 1. The maximum atomic E-state index is 6.10. The van der Waals surface area contributed by atoms with Gasteiger partial charge in [0, 0.05) is 12.1 Å². The van der Waals surface area contributed by atoms with E-state index in [0.717, 1.165) is 34.7 Å². The number of anilines is 1. The molecule has 3 rings (SSSR count). The van der Waals surface area contributed by atoms with Crippen molar-refractivity contribution in [3.05, 3.63) is 35.5 Å². The van der Waals surface area contributed by atoms with Crippen LogP contribution in [-0.4, -0.2) is 26.4 Å². The van der Waals surface area contributed by atoms with Gasteiger partial charge in [-0.25, -0.2) is 9.67 Å². The van der Waals surface area contributed by atoms with E-state index in [1.807, 2.05) is 40.4 Å². The van der Waals surface area contributed by atoms with Crippen LogP contribution in [-0.2, 0) is 13.1 Å². The molecule has 6 heteroatoms. The minimum Gasteiger partial charge on any atom is -0.496 e. The van der Waals surface area contributed by atoms with Crippen LogP contribution < -0.4 is 10.5 Å². The third kappa shape index (κ3) is 2.12. The van der Waals surface area contributed by atoms with Gasteiger partial charge in [-0.05, 0) is 19.9 Å². The number of benzene rings is 1. The molecule has 0 aliphatic carbocycles. The SMILES string of the molecule is CCn1nc(C)c2nc(N)n(Cc3ccccc3OC)c21. The van der Waals surface area contributed by atoms with Crippen molar-refractivity contribution in [1.82, 2.24) is 19.3 Å². The molecule has 2 heterocycles. The summed E-state index contributed by atoms with van der Waals surface area (Å²) in [7, 11) is 1.67. The van der Waals surface area contributed by atoms with E-state index in [1.54, 1.807) is 7.11 Å². The largest absolute Gasteiger partial charge is 0.496 e. The number of ether oxygens (including phenoxy) is 1. The van der Waals surface area contributed by atoms with Gasteiger partial charge in [-0.2, -0.15) is 5.10 Å². The number of aromatic nitrogens is 4. The molecule has 2 N–H and O–H groups in total. The summed E-state index contributed by atoms with van der Waals surface area (Å²) in [6.45, 7) is 5.40. The second-order valence-corrected chi connectivity index (χ2v) is 4.94. The molecule has 21 heavy (non-hydrogen) atoms. The molecule has 2 aromatic heterocycles. The molecule has 0 bridgehead atoms. The third-order valence-corrected chi connectivity index (χ3v) is 3.65. The van der Waals surface area contributed by atoms with Crippen LogP contribution in [0, 0.1) is 6.92 Å². The minimum absolute atomic E-state index is 0.499. The van der Waals surface area contributed by atoms with Gasteiger partial charge in [-0.3, -0.25) is 4.57 Å². The molecular weight excluding hydrogens is 266 g/mol. The summed E-state index contributed by atoms with van der Waals surface area (Å²) in [6.07, 6.45) is 0. The molecule has 0 radical (unpaired) electrons. The van der Waals surface area contributed by atoms with E-state index in [2.05, 4.69) is 17.0 Å². The first-order chi connectivity index (χ1) is 10.2. The van der Waals surface area contributed by atoms with Crippen LogP contribution in [0.2, 0.25) is 0 Å². The molecule has 6 nitrogen and oxygen atoms in total. The predicted molar refractivity (Wildman–Crippen MR) is 82.4 cm³/mol. The van der Waals surface area contributed by atoms with Gasteiger partial charge in [-0.1, -0.05) is 18.2 Å². The molecule has 0 fully saturated rings. The zero-order valence-corrected chi connectivity index (χ0v) is 12.5. The molecule has 0 unspecified atom stereocenters. The summed E-state index contributed by atoms with van der Waals surface area (Å²) in [6, 6.07) is 7.92. The van der Waals surface area contributed by atoms with E-state index >= 15 is 0 Å². The van der Waals surface area contributed by atoms with Crippen molar-refractivity contribution in [2.45, 2.75) is 26.9 Å². The summed E-state index contributed by atoms with van der Waals surface area (Å²) in [5.74, 6) is 1.34. The molecule has 110 valence electrons. The molecule has 0 saturated heterocycles. The van der Waals surface area contributed by atoms with Crippen molar-refractivity contribution in [3.8, 4) is 5.75 Å². The number of nitrogens with two attached hydrogens (primary N) is 1. The quantitative estimate of drug-likeness (QED) is 0.797. The Hall–Kier alpha value is -2.50. The molecule has 0 saturated carbocycles. The first kappa shape index (κ1) is 13.5. The molecule has 0 amide bonds. The van der Waals surface area contributed by atoms with E-state index in [0.29, 0.717) is 12.5 Å². The lowest BCUT2D eigenvalue weighted by atomic mass is 10.2. The Morgan fingerprint density at radius 1 is 1.29 bits per heavy atom. The molecule has 0 aliphatic rings. The molecule has 0 aliphatic heterocycles. The summed E-state index contributed by atoms with van der Waals surface area (Å²) >= 11 is 0. The maximum absolute atomic E-state index is 6.10. The van der Waals surface area contributed by atoms with Gasteiger partial charge in [0.25, 0.3) is 0 Å². The van der Waals surface area contributed by atoms with Crippen LogP contribution in [0.15, 0.2) is 24.3 Å². The number of aryl methyl sites for hydroxylation is 2. The van der Waals surface area contributed by atoms with Gasteiger partial charge in [0.05, 0.1) is 19.3 Å². The topological polar surface area (TPSA) is 70.9 Å². The highest BCUT2D eigenvalue weighted by molar-refractivity contribution is 5.77. The van der Waals surface area contributed by atoms with Crippen LogP contribution in [0.25, 0.3) is 11.2 Å². The number of para-hydroxylation sites is 1. The normalized spacial score (nSPS) is 11.2. The van der Waals surface area contributed by atoms with Crippen molar-refractivity contribution in [1.29, 1.82) is 0 Å². The van der Waals surface area contributed by atoms with Gasteiger partial charge in [0.15, 0.2) is 5.65 Å². The monoisotopic (exact) mass is 285 g/mol. The number of nitrogens with zero attached hydrogens (tertiary/aromatic N) is 4. The lowest BCUT2D eigenvalue weighted by Crippen LogP contribution is -2.10. The van der Waals surface area contributed by atoms with Gasteiger partial charge in [-0.15, -0.1) is 0 Å². The fourth-order valence-electron chi connectivity index (χ4n) is 2.62. The Bertz CT molecular complexity index is 787.